The van der Waals surface area contributed by atoms with Crippen LogP contribution in [0.4, 0.5) is 23.2 Å². The van der Waals surface area contributed by atoms with Crippen LogP contribution < -0.4 is 10.6 Å². The van der Waals surface area contributed by atoms with Crippen LogP contribution in [0.2, 0.25) is 0 Å². The SMILES string of the molecule is NC(=O)C1C[C@]2(C[CH]CC(F)(F)C2)C(=O)N1c1cc(F)cc(F)c1. The zero-order chi connectivity index (χ0) is 17.7. The molecular formula is C16H15F4N2O2. The van der Waals surface area contributed by atoms with Crippen molar-refractivity contribution in [3.05, 3.63) is 36.3 Å². The lowest BCUT2D eigenvalue weighted by Gasteiger charge is -2.36. The van der Waals surface area contributed by atoms with E-state index in [4.69, 9.17) is 5.73 Å². The third-order valence-corrected chi connectivity index (χ3v) is 4.60. The Morgan fingerprint density at radius 2 is 1.79 bits per heavy atom. The summed E-state index contributed by atoms with van der Waals surface area (Å²) in [4.78, 5) is 25.4. The molecule has 1 aromatic rings. The van der Waals surface area contributed by atoms with Gasteiger partial charge in [-0.2, -0.15) is 0 Å². The molecule has 0 bridgehead atoms. The number of anilines is 1. The molecule has 0 aromatic heterocycles. The lowest BCUT2D eigenvalue weighted by molar-refractivity contribution is -0.135. The van der Waals surface area contributed by atoms with E-state index in [0.717, 1.165) is 17.0 Å². The number of benzene rings is 1. The smallest absolute Gasteiger partial charge is 0.249 e. The molecule has 24 heavy (non-hydrogen) atoms. The molecule has 1 heterocycles. The zero-order valence-corrected chi connectivity index (χ0v) is 12.6. The minimum atomic E-state index is -3.07. The number of carbonyl (C=O) groups excluding carboxylic acids is 2. The van der Waals surface area contributed by atoms with Crippen LogP contribution in [-0.2, 0) is 9.59 Å². The summed E-state index contributed by atoms with van der Waals surface area (Å²) in [7, 11) is 0. The summed E-state index contributed by atoms with van der Waals surface area (Å²) in [5.74, 6) is -6.62. The highest BCUT2D eigenvalue weighted by molar-refractivity contribution is 6.07. The van der Waals surface area contributed by atoms with Crippen LogP contribution in [0.25, 0.3) is 0 Å². The Labute approximate surface area is 135 Å². The first-order chi connectivity index (χ1) is 11.1. The molecular weight excluding hydrogens is 328 g/mol. The van der Waals surface area contributed by atoms with Gasteiger partial charge in [-0.15, -0.1) is 0 Å². The number of nitrogens with two attached hydrogens (primary N) is 1. The van der Waals surface area contributed by atoms with Gasteiger partial charge in [0.25, 0.3) is 0 Å². The Morgan fingerprint density at radius 3 is 2.33 bits per heavy atom. The number of rotatable bonds is 2. The molecule has 4 nitrogen and oxygen atoms in total. The minimum absolute atomic E-state index is 0.0689. The maximum atomic E-state index is 13.8. The van der Waals surface area contributed by atoms with Crippen molar-refractivity contribution in [1.29, 1.82) is 0 Å². The number of carbonyl (C=O) groups is 2. The lowest BCUT2D eigenvalue weighted by Crippen LogP contribution is -2.44. The van der Waals surface area contributed by atoms with Crippen LogP contribution in [-0.4, -0.2) is 23.8 Å². The van der Waals surface area contributed by atoms with Crippen LogP contribution in [0, 0.1) is 23.5 Å². The third-order valence-electron chi connectivity index (χ3n) is 4.60. The number of halogens is 4. The monoisotopic (exact) mass is 343 g/mol. The van der Waals surface area contributed by atoms with Crippen molar-refractivity contribution in [1.82, 2.24) is 0 Å². The van der Waals surface area contributed by atoms with Crippen LogP contribution >= 0.6 is 0 Å². The van der Waals surface area contributed by atoms with Gasteiger partial charge in [0.05, 0.1) is 11.1 Å². The normalized spacial score (nSPS) is 29.2. The van der Waals surface area contributed by atoms with E-state index in [-0.39, 0.29) is 18.5 Å². The number of primary amides is 1. The summed E-state index contributed by atoms with van der Waals surface area (Å²) in [5.41, 5.74) is 3.62. The third kappa shape index (κ3) is 2.74. The number of amides is 2. The molecule has 2 fully saturated rings. The molecule has 2 N–H and O–H groups in total. The second-order valence-corrected chi connectivity index (χ2v) is 6.44. The first-order valence-corrected chi connectivity index (χ1v) is 7.42. The molecule has 2 atom stereocenters. The molecule has 1 aliphatic heterocycles. The van der Waals surface area contributed by atoms with Gasteiger partial charge in [-0.3, -0.25) is 14.5 Å². The highest BCUT2D eigenvalue weighted by atomic mass is 19.3. The van der Waals surface area contributed by atoms with E-state index in [9.17, 15) is 27.2 Å². The van der Waals surface area contributed by atoms with Gasteiger partial charge in [0, 0.05) is 18.9 Å². The molecule has 2 aliphatic rings. The van der Waals surface area contributed by atoms with E-state index in [1.165, 1.54) is 6.42 Å². The van der Waals surface area contributed by atoms with Crippen LogP contribution in [0.15, 0.2) is 18.2 Å². The first-order valence-electron chi connectivity index (χ1n) is 7.42. The molecule has 1 aliphatic carbocycles. The van der Waals surface area contributed by atoms with Crippen LogP contribution in [0.1, 0.15) is 25.7 Å². The van der Waals surface area contributed by atoms with Gasteiger partial charge >= 0.3 is 0 Å². The largest absolute Gasteiger partial charge is 0.368 e. The summed E-state index contributed by atoms with van der Waals surface area (Å²) in [6.07, 6.45) is 0.0191. The Bertz CT molecular complexity index is 689. The molecule has 1 aromatic carbocycles. The van der Waals surface area contributed by atoms with Gasteiger partial charge < -0.3 is 5.73 Å². The number of nitrogens with zero attached hydrogens (tertiary/aromatic N) is 1. The molecule has 8 heteroatoms. The van der Waals surface area contributed by atoms with Crippen molar-refractivity contribution in [2.75, 3.05) is 4.90 Å². The van der Waals surface area contributed by atoms with Crippen molar-refractivity contribution in [3.63, 3.8) is 0 Å². The molecule has 129 valence electrons. The summed E-state index contributed by atoms with van der Waals surface area (Å²) in [6, 6.07) is 1.14. The molecule has 1 radical (unpaired) electrons. The fraction of sp³-hybridized carbons (Fsp3) is 0.438. The molecule has 1 unspecified atom stereocenters. The summed E-state index contributed by atoms with van der Waals surface area (Å²) >= 11 is 0. The van der Waals surface area contributed by atoms with Crippen LogP contribution in [0.3, 0.4) is 0 Å². The summed E-state index contributed by atoms with van der Waals surface area (Å²) < 4.78 is 54.6. The topological polar surface area (TPSA) is 63.4 Å². The van der Waals surface area contributed by atoms with Gasteiger partial charge in [-0.25, -0.2) is 17.6 Å². The maximum absolute atomic E-state index is 13.8. The first kappa shape index (κ1) is 16.7. The van der Waals surface area contributed by atoms with Crippen molar-refractivity contribution in [2.24, 2.45) is 11.1 Å². The van der Waals surface area contributed by atoms with E-state index in [2.05, 4.69) is 0 Å². The highest BCUT2D eigenvalue weighted by Gasteiger charge is 2.59. The standard InChI is InChI=1S/C16H15F4N2O2/c17-9-4-10(18)6-11(5-9)22-12(13(21)23)7-15(14(22)24)2-1-3-16(19,20)8-15/h1,4-6,12H,2-3,7-8H2,(H2,21,23)/t12?,15-/m0/s1. The Balaban J connectivity index is 2.04. The number of alkyl halides is 2. The molecule has 2 amide bonds. The predicted molar refractivity (Wildman–Crippen MR) is 77.0 cm³/mol. The van der Waals surface area contributed by atoms with Crippen molar-refractivity contribution in [2.45, 2.75) is 37.6 Å². The van der Waals surface area contributed by atoms with E-state index in [1.54, 1.807) is 0 Å². The molecule has 1 spiro atoms. The summed E-state index contributed by atoms with van der Waals surface area (Å²) in [5, 5.41) is 0. The van der Waals surface area contributed by atoms with Crippen molar-refractivity contribution in [3.8, 4) is 0 Å². The fourth-order valence-corrected chi connectivity index (χ4v) is 3.67. The van der Waals surface area contributed by atoms with E-state index in [0.29, 0.717) is 6.07 Å². The molecule has 1 saturated heterocycles. The van der Waals surface area contributed by atoms with Gasteiger partial charge in [-0.05, 0) is 31.4 Å². The second-order valence-electron chi connectivity index (χ2n) is 6.44. The minimum Gasteiger partial charge on any atom is -0.368 e. The van der Waals surface area contributed by atoms with Gasteiger partial charge in [0.2, 0.25) is 17.7 Å². The number of hydrogen-bond acceptors (Lipinski definition) is 2. The summed E-state index contributed by atoms with van der Waals surface area (Å²) in [6.45, 7) is 0. The number of hydrogen-bond donors (Lipinski definition) is 1. The average Bonchev–Trinajstić information content (AvgIpc) is 2.70. The predicted octanol–water partition coefficient (Wildman–Crippen LogP) is 2.57. The average molecular weight is 343 g/mol. The Hall–Kier alpha value is -2.12. The quantitative estimate of drug-likeness (QED) is 0.839. The molecule has 3 rings (SSSR count). The van der Waals surface area contributed by atoms with Crippen molar-refractivity contribution < 1.29 is 27.2 Å². The fourth-order valence-electron chi connectivity index (χ4n) is 3.67. The Morgan fingerprint density at radius 1 is 1.17 bits per heavy atom. The van der Waals surface area contributed by atoms with Gasteiger partial charge in [0.15, 0.2) is 0 Å². The van der Waals surface area contributed by atoms with Gasteiger partial charge in [0.1, 0.15) is 17.7 Å². The molecule has 1 saturated carbocycles. The van der Waals surface area contributed by atoms with Crippen molar-refractivity contribution >= 4 is 17.5 Å². The zero-order valence-electron chi connectivity index (χ0n) is 12.6. The second kappa shape index (κ2) is 5.46. The Kier molecular flexibility index (Phi) is 3.80. The highest BCUT2D eigenvalue weighted by Crippen LogP contribution is 2.52. The van der Waals surface area contributed by atoms with E-state index >= 15 is 0 Å². The maximum Gasteiger partial charge on any atom is 0.249 e. The van der Waals surface area contributed by atoms with Crippen LogP contribution in [0.5, 0.6) is 0 Å². The van der Waals surface area contributed by atoms with E-state index in [1.807, 2.05) is 0 Å². The van der Waals surface area contributed by atoms with E-state index < -0.39 is 53.7 Å². The van der Waals surface area contributed by atoms with Gasteiger partial charge in [-0.1, -0.05) is 0 Å². The lowest BCUT2D eigenvalue weighted by atomic mass is 9.70.